The molecule has 0 aliphatic carbocycles. The highest BCUT2D eigenvalue weighted by atomic mass is 16.2. The van der Waals surface area contributed by atoms with E-state index in [0.29, 0.717) is 0 Å². The maximum Gasteiger partial charge on any atom is 0.246 e. The van der Waals surface area contributed by atoms with E-state index in [0.717, 1.165) is 29.0 Å². The van der Waals surface area contributed by atoms with E-state index in [4.69, 9.17) is 4.98 Å². The molecule has 36 heavy (non-hydrogen) atoms. The van der Waals surface area contributed by atoms with Crippen molar-refractivity contribution in [3.8, 4) is 0 Å². The maximum atomic E-state index is 13.1. The first-order valence-corrected chi connectivity index (χ1v) is 12.5. The fourth-order valence-electron chi connectivity index (χ4n) is 5.13. The molecule has 0 aliphatic rings. The predicted molar refractivity (Wildman–Crippen MR) is 147 cm³/mol. The van der Waals surface area contributed by atoms with Gasteiger partial charge in [0, 0.05) is 28.8 Å². The zero-order valence-electron chi connectivity index (χ0n) is 21.2. The minimum absolute atomic E-state index is 0.0406. The molecule has 0 spiro atoms. The van der Waals surface area contributed by atoms with Crippen LogP contribution in [0.3, 0.4) is 0 Å². The fourth-order valence-corrected chi connectivity index (χ4v) is 5.13. The molecule has 2 aromatic heterocycles. The van der Waals surface area contributed by atoms with Gasteiger partial charge in [-0.15, -0.1) is 0 Å². The van der Waals surface area contributed by atoms with Crippen LogP contribution in [0.4, 0.5) is 5.69 Å². The Labute approximate surface area is 212 Å². The number of anilines is 1. The van der Waals surface area contributed by atoms with Gasteiger partial charge < -0.3 is 0 Å². The molecule has 5 nitrogen and oxygen atoms in total. The van der Waals surface area contributed by atoms with E-state index in [9.17, 15) is 4.79 Å². The topological polar surface area (TPSA) is 58.4 Å². The summed E-state index contributed by atoms with van der Waals surface area (Å²) >= 11 is 0. The number of rotatable bonds is 7. The van der Waals surface area contributed by atoms with E-state index in [2.05, 4.69) is 90.6 Å². The highest BCUT2D eigenvalue weighted by Crippen LogP contribution is 2.30. The van der Waals surface area contributed by atoms with Gasteiger partial charge in [-0.1, -0.05) is 74.5 Å². The van der Waals surface area contributed by atoms with Crippen molar-refractivity contribution in [1.82, 2.24) is 14.8 Å². The van der Waals surface area contributed by atoms with Crippen molar-refractivity contribution in [2.75, 3.05) is 5.43 Å². The van der Waals surface area contributed by atoms with Gasteiger partial charge in [-0.25, -0.2) is 4.98 Å². The van der Waals surface area contributed by atoms with Crippen molar-refractivity contribution in [2.45, 2.75) is 40.0 Å². The highest BCUT2D eigenvalue weighted by molar-refractivity contribution is 5.91. The molecule has 0 aliphatic heterocycles. The van der Waals surface area contributed by atoms with E-state index in [1.807, 2.05) is 37.3 Å². The van der Waals surface area contributed by atoms with Crippen LogP contribution in [0.2, 0.25) is 0 Å². The minimum atomic E-state index is -0.252. The molecule has 0 saturated carbocycles. The SMILES string of the molecule is Cc1cc(C)n2c(n1)c(Cc1ccc(C(C(=O)NNc3ccccc3)C(C)C)cc1)c1ccccc12. The van der Waals surface area contributed by atoms with Gasteiger partial charge in [0.05, 0.1) is 17.1 Å². The molecule has 0 radical (unpaired) electrons. The summed E-state index contributed by atoms with van der Waals surface area (Å²) in [5.74, 6) is -0.137. The second kappa shape index (κ2) is 9.86. The molecule has 3 aromatic carbocycles. The smallest absolute Gasteiger partial charge is 0.246 e. The van der Waals surface area contributed by atoms with E-state index in [1.54, 1.807) is 0 Å². The number of benzene rings is 3. The van der Waals surface area contributed by atoms with Gasteiger partial charge in [0.1, 0.15) is 5.65 Å². The van der Waals surface area contributed by atoms with E-state index < -0.39 is 0 Å². The molecule has 2 heterocycles. The Bertz CT molecular complexity index is 1520. The summed E-state index contributed by atoms with van der Waals surface area (Å²) in [7, 11) is 0. The van der Waals surface area contributed by atoms with Gasteiger partial charge in [0.2, 0.25) is 5.91 Å². The molecule has 0 saturated heterocycles. The number of fused-ring (bicyclic) bond motifs is 3. The predicted octanol–water partition coefficient (Wildman–Crippen LogP) is 6.58. The molecular weight excluding hydrogens is 444 g/mol. The largest absolute Gasteiger partial charge is 0.299 e. The molecule has 1 unspecified atom stereocenters. The van der Waals surface area contributed by atoms with Crippen molar-refractivity contribution in [2.24, 2.45) is 5.92 Å². The molecule has 0 fully saturated rings. The Morgan fingerprint density at radius 1 is 0.917 bits per heavy atom. The summed E-state index contributed by atoms with van der Waals surface area (Å²) in [6.45, 7) is 8.34. The molecule has 0 bridgehead atoms. The van der Waals surface area contributed by atoms with Gasteiger partial charge in [-0.3, -0.25) is 20.0 Å². The number of aromatic nitrogens is 2. The molecule has 5 heteroatoms. The Kier molecular flexibility index (Phi) is 6.47. The van der Waals surface area contributed by atoms with Gasteiger partial charge in [0.15, 0.2) is 0 Å². The Hall–Kier alpha value is -4.12. The summed E-state index contributed by atoms with van der Waals surface area (Å²) in [5, 5.41) is 1.23. The quantitative estimate of drug-likeness (QED) is 0.261. The molecule has 5 rings (SSSR count). The van der Waals surface area contributed by atoms with Crippen LogP contribution >= 0.6 is 0 Å². The number of hydrogen-bond acceptors (Lipinski definition) is 3. The van der Waals surface area contributed by atoms with Crippen LogP contribution in [0.1, 0.15) is 47.8 Å². The average Bonchev–Trinajstić information content (AvgIpc) is 3.18. The van der Waals surface area contributed by atoms with Crippen LogP contribution in [-0.4, -0.2) is 15.3 Å². The van der Waals surface area contributed by atoms with Crippen molar-refractivity contribution in [3.63, 3.8) is 0 Å². The number of nitrogens with one attached hydrogen (secondary N) is 2. The number of aryl methyl sites for hydroxylation is 2. The van der Waals surface area contributed by atoms with Crippen molar-refractivity contribution in [1.29, 1.82) is 0 Å². The van der Waals surface area contributed by atoms with Crippen molar-refractivity contribution < 1.29 is 4.79 Å². The summed E-state index contributed by atoms with van der Waals surface area (Å²) in [4.78, 5) is 18.0. The van der Waals surface area contributed by atoms with Crippen LogP contribution in [0.15, 0.2) is 84.9 Å². The highest BCUT2D eigenvalue weighted by Gasteiger charge is 2.24. The lowest BCUT2D eigenvalue weighted by atomic mass is 9.87. The Balaban J connectivity index is 1.42. The summed E-state index contributed by atoms with van der Waals surface area (Å²) in [6.07, 6.45) is 0.779. The lowest BCUT2D eigenvalue weighted by Crippen LogP contribution is -2.36. The molecule has 1 amide bonds. The first kappa shape index (κ1) is 23.6. The number of amides is 1. The number of nitrogens with zero attached hydrogens (tertiary/aromatic N) is 2. The summed E-state index contributed by atoms with van der Waals surface area (Å²) in [5.41, 5.74) is 14.6. The van der Waals surface area contributed by atoms with Gasteiger partial charge in [0.25, 0.3) is 0 Å². The maximum absolute atomic E-state index is 13.1. The summed E-state index contributed by atoms with van der Waals surface area (Å²) < 4.78 is 2.25. The third-order valence-corrected chi connectivity index (χ3v) is 6.78. The monoisotopic (exact) mass is 476 g/mol. The lowest BCUT2D eigenvalue weighted by molar-refractivity contribution is -0.123. The van der Waals surface area contributed by atoms with Crippen molar-refractivity contribution in [3.05, 3.63) is 113 Å². The van der Waals surface area contributed by atoms with Crippen LogP contribution in [0.5, 0.6) is 0 Å². The number of hydrogen-bond donors (Lipinski definition) is 2. The van der Waals surface area contributed by atoms with Crippen LogP contribution < -0.4 is 10.9 Å². The summed E-state index contributed by atoms with van der Waals surface area (Å²) in [6, 6.07) is 28.8. The van der Waals surface area contributed by atoms with E-state index in [1.165, 1.54) is 27.7 Å². The number of carbonyl (C=O) groups is 1. The number of carbonyl (C=O) groups excluding carboxylic acids is 1. The third-order valence-electron chi connectivity index (χ3n) is 6.78. The normalized spacial score (nSPS) is 12.2. The Morgan fingerprint density at radius 3 is 2.33 bits per heavy atom. The van der Waals surface area contributed by atoms with Crippen molar-refractivity contribution >= 4 is 28.1 Å². The Morgan fingerprint density at radius 2 is 1.61 bits per heavy atom. The van der Waals surface area contributed by atoms with Crippen LogP contribution in [0, 0.1) is 19.8 Å². The zero-order chi connectivity index (χ0) is 25.2. The molecular formula is C31H32N4O. The molecule has 5 aromatic rings. The average molecular weight is 477 g/mol. The second-order valence-electron chi connectivity index (χ2n) is 9.81. The van der Waals surface area contributed by atoms with Crippen LogP contribution in [-0.2, 0) is 11.2 Å². The first-order chi connectivity index (χ1) is 17.4. The van der Waals surface area contributed by atoms with E-state index >= 15 is 0 Å². The third kappa shape index (κ3) is 4.57. The fraction of sp³-hybridized carbons (Fsp3) is 0.226. The van der Waals surface area contributed by atoms with E-state index in [-0.39, 0.29) is 17.7 Å². The minimum Gasteiger partial charge on any atom is -0.299 e. The lowest BCUT2D eigenvalue weighted by Gasteiger charge is -2.21. The van der Waals surface area contributed by atoms with Gasteiger partial charge in [-0.2, -0.15) is 0 Å². The van der Waals surface area contributed by atoms with Gasteiger partial charge in [-0.05, 0) is 55.2 Å². The van der Waals surface area contributed by atoms with Crippen LogP contribution in [0.25, 0.3) is 16.6 Å². The zero-order valence-corrected chi connectivity index (χ0v) is 21.2. The standard InChI is InChI=1S/C31H32N4O/c1-20(2)29(31(36)34-33-25-10-6-5-7-11-25)24-16-14-23(15-17-24)19-27-26-12-8-9-13-28(26)35-22(4)18-21(3)32-30(27)35/h5-18,20,29,33H,19H2,1-4H3,(H,34,36). The first-order valence-electron chi connectivity index (χ1n) is 12.5. The second-order valence-corrected chi connectivity index (χ2v) is 9.81. The molecule has 182 valence electrons. The molecule has 1 atom stereocenters. The number of hydrazine groups is 1. The van der Waals surface area contributed by atoms with Gasteiger partial charge >= 0.3 is 0 Å². The molecule has 2 N–H and O–H groups in total. The number of para-hydroxylation sites is 2.